The molecule has 0 fully saturated rings. The fourth-order valence-electron chi connectivity index (χ4n) is 2.17. The van der Waals surface area contributed by atoms with E-state index in [0.717, 1.165) is 16.9 Å². The third-order valence-electron chi connectivity index (χ3n) is 3.40. The van der Waals surface area contributed by atoms with Crippen molar-refractivity contribution in [3.8, 4) is 5.75 Å². The van der Waals surface area contributed by atoms with Crippen LogP contribution in [0.15, 0.2) is 48.5 Å². The minimum absolute atomic E-state index is 0.114. The summed E-state index contributed by atoms with van der Waals surface area (Å²) in [6, 6.07) is 14.8. The Morgan fingerprint density at radius 1 is 1.19 bits per heavy atom. The maximum Gasteiger partial charge on any atom is 0.251 e. The van der Waals surface area contributed by atoms with Gasteiger partial charge in [0.05, 0.1) is 13.2 Å². The minimum Gasteiger partial charge on any atom is -0.496 e. The molecule has 0 spiro atoms. The Morgan fingerprint density at radius 3 is 2.48 bits per heavy atom. The Morgan fingerprint density at radius 2 is 1.86 bits per heavy atom. The molecule has 2 aromatic rings. The Kier molecular flexibility index (Phi) is 4.95. The number of nitrogens with one attached hydrogen (secondary N) is 1. The SMILES string of the molecule is COc1ccccc1[C@H](C)NC(=O)c1ccc(CN)cc1. The number of amides is 1. The van der Waals surface area contributed by atoms with Crippen LogP contribution in [-0.4, -0.2) is 13.0 Å². The molecule has 0 unspecified atom stereocenters. The molecule has 0 aliphatic carbocycles. The first kappa shape index (κ1) is 15.1. The number of ether oxygens (including phenoxy) is 1. The number of carbonyl (C=O) groups excluding carboxylic acids is 1. The molecule has 0 saturated carbocycles. The predicted molar refractivity (Wildman–Crippen MR) is 83.2 cm³/mol. The first-order valence-corrected chi connectivity index (χ1v) is 6.88. The molecule has 1 amide bonds. The van der Waals surface area contributed by atoms with Crippen molar-refractivity contribution in [3.63, 3.8) is 0 Å². The standard InChI is InChI=1S/C17H20N2O2/c1-12(15-5-3-4-6-16(15)21-2)19-17(20)14-9-7-13(11-18)8-10-14/h3-10,12H,11,18H2,1-2H3,(H,19,20)/t12-/m0/s1. The van der Waals surface area contributed by atoms with E-state index in [1.807, 2.05) is 43.3 Å². The molecule has 0 saturated heterocycles. The minimum atomic E-state index is -0.136. The van der Waals surface area contributed by atoms with Gasteiger partial charge in [-0.3, -0.25) is 4.79 Å². The van der Waals surface area contributed by atoms with E-state index in [2.05, 4.69) is 5.32 Å². The van der Waals surface area contributed by atoms with Crippen molar-refractivity contribution >= 4 is 5.91 Å². The average Bonchev–Trinajstić information content (AvgIpc) is 2.54. The van der Waals surface area contributed by atoms with E-state index in [1.165, 1.54) is 0 Å². The molecule has 0 aromatic heterocycles. The van der Waals surface area contributed by atoms with E-state index in [1.54, 1.807) is 19.2 Å². The van der Waals surface area contributed by atoms with E-state index >= 15 is 0 Å². The molecular weight excluding hydrogens is 264 g/mol. The first-order chi connectivity index (χ1) is 10.2. The third-order valence-corrected chi connectivity index (χ3v) is 3.40. The maximum atomic E-state index is 12.2. The molecule has 0 aliphatic rings. The largest absolute Gasteiger partial charge is 0.496 e. The van der Waals surface area contributed by atoms with Gasteiger partial charge in [0.15, 0.2) is 0 Å². The van der Waals surface area contributed by atoms with Crippen LogP contribution < -0.4 is 15.8 Å². The third kappa shape index (κ3) is 3.61. The Hall–Kier alpha value is -2.33. The summed E-state index contributed by atoms with van der Waals surface area (Å²) in [4.78, 5) is 12.2. The quantitative estimate of drug-likeness (QED) is 0.887. The monoisotopic (exact) mass is 284 g/mol. The number of benzene rings is 2. The molecule has 110 valence electrons. The highest BCUT2D eigenvalue weighted by Gasteiger charge is 2.14. The second-order valence-corrected chi connectivity index (χ2v) is 4.84. The lowest BCUT2D eigenvalue weighted by Crippen LogP contribution is -2.26. The van der Waals surface area contributed by atoms with Crippen molar-refractivity contribution in [1.29, 1.82) is 0 Å². The molecule has 0 heterocycles. The summed E-state index contributed by atoms with van der Waals surface area (Å²) in [6.07, 6.45) is 0. The predicted octanol–water partition coefficient (Wildman–Crippen LogP) is 2.64. The van der Waals surface area contributed by atoms with Crippen LogP contribution in [0.2, 0.25) is 0 Å². The Balaban J connectivity index is 2.11. The zero-order chi connectivity index (χ0) is 15.2. The number of hydrogen-bond donors (Lipinski definition) is 2. The van der Waals surface area contributed by atoms with Gasteiger partial charge in [0.2, 0.25) is 0 Å². The smallest absolute Gasteiger partial charge is 0.251 e. The zero-order valence-electron chi connectivity index (χ0n) is 12.3. The van der Waals surface area contributed by atoms with E-state index in [-0.39, 0.29) is 11.9 Å². The number of rotatable bonds is 5. The topological polar surface area (TPSA) is 64.3 Å². The Bertz CT molecular complexity index is 608. The van der Waals surface area contributed by atoms with Crippen LogP contribution in [0.25, 0.3) is 0 Å². The van der Waals surface area contributed by atoms with Crippen LogP contribution in [-0.2, 0) is 6.54 Å². The summed E-state index contributed by atoms with van der Waals surface area (Å²) in [7, 11) is 1.62. The van der Waals surface area contributed by atoms with Crippen LogP contribution in [0.1, 0.15) is 34.5 Å². The second kappa shape index (κ2) is 6.90. The van der Waals surface area contributed by atoms with Crippen molar-refractivity contribution in [2.75, 3.05) is 7.11 Å². The van der Waals surface area contributed by atoms with Gasteiger partial charge < -0.3 is 15.8 Å². The fourth-order valence-corrected chi connectivity index (χ4v) is 2.17. The van der Waals surface area contributed by atoms with Crippen molar-refractivity contribution in [3.05, 3.63) is 65.2 Å². The summed E-state index contributed by atoms with van der Waals surface area (Å²) in [5.74, 6) is 0.653. The van der Waals surface area contributed by atoms with Gasteiger partial charge in [0.1, 0.15) is 5.75 Å². The highest BCUT2D eigenvalue weighted by atomic mass is 16.5. The summed E-state index contributed by atoms with van der Waals surface area (Å²) in [5, 5.41) is 2.97. The summed E-state index contributed by atoms with van der Waals surface area (Å²) >= 11 is 0. The lowest BCUT2D eigenvalue weighted by atomic mass is 10.1. The van der Waals surface area contributed by atoms with Crippen molar-refractivity contribution in [1.82, 2.24) is 5.32 Å². The lowest BCUT2D eigenvalue weighted by Gasteiger charge is -2.17. The van der Waals surface area contributed by atoms with Crippen LogP contribution >= 0.6 is 0 Å². The molecule has 1 atom stereocenters. The summed E-state index contributed by atoms with van der Waals surface area (Å²) in [6.45, 7) is 2.41. The van der Waals surface area contributed by atoms with Gasteiger partial charge in [-0.05, 0) is 30.7 Å². The first-order valence-electron chi connectivity index (χ1n) is 6.88. The number of para-hydroxylation sites is 1. The van der Waals surface area contributed by atoms with Crippen molar-refractivity contribution in [2.45, 2.75) is 19.5 Å². The molecule has 21 heavy (non-hydrogen) atoms. The second-order valence-electron chi connectivity index (χ2n) is 4.84. The zero-order valence-corrected chi connectivity index (χ0v) is 12.3. The van der Waals surface area contributed by atoms with Crippen LogP contribution in [0, 0.1) is 0 Å². The highest BCUT2D eigenvalue weighted by molar-refractivity contribution is 5.94. The molecule has 0 aliphatic heterocycles. The van der Waals surface area contributed by atoms with Gasteiger partial charge in [0, 0.05) is 17.7 Å². The van der Waals surface area contributed by atoms with Gasteiger partial charge in [0.25, 0.3) is 5.91 Å². The van der Waals surface area contributed by atoms with Gasteiger partial charge in [-0.15, -0.1) is 0 Å². The van der Waals surface area contributed by atoms with Crippen LogP contribution in [0.3, 0.4) is 0 Å². The molecular formula is C17H20N2O2. The van der Waals surface area contributed by atoms with E-state index in [9.17, 15) is 4.79 Å². The average molecular weight is 284 g/mol. The van der Waals surface area contributed by atoms with Gasteiger partial charge in [-0.1, -0.05) is 30.3 Å². The van der Waals surface area contributed by atoms with Crippen LogP contribution in [0.4, 0.5) is 0 Å². The van der Waals surface area contributed by atoms with Crippen molar-refractivity contribution in [2.24, 2.45) is 5.73 Å². The fraction of sp³-hybridized carbons (Fsp3) is 0.235. The number of hydrogen-bond acceptors (Lipinski definition) is 3. The number of carbonyl (C=O) groups is 1. The summed E-state index contributed by atoms with van der Waals surface area (Å²) < 4.78 is 5.32. The van der Waals surface area contributed by atoms with E-state index < -0.39 is 0 Å². The highest BCUT2D eigenvalue weighted by Crippen LogP contribution is 2.24. The van der Waals surface area contributed by atoms with Gasteiger partial charge in [-0.25, -0.2) is 0 Å². The Labute approximate surface area is 124 Å². The normalized spacial score (nSPS) is 11.8. The molecule has 0 radical (unpaired) electrons. The van der Waals surface area contributed by atoms with E-state index in [4.69, 9.17) is 10.5 Å². The van der Waals surface area contributed by atoms with Gasteiger partial charge >= 0.3 is 0 Å². The van der Waals surface area contributed by atoms with Crippen LogP contribution in [0.5, 0.6) is 5.75 Å². The summed E-state index contributed by atoms with van der Waals surface area (Å²) in [5.41, 5.74) is 8.12. The molecule has 2 aromatic carbocycles. The molecule has 0 bridgehead atoms. The number of nitrogens with two attached hydrogens (primary N) is 1. The maximum absolute atomic E-state index is 12.2. The molecule has 3 N–H and O–H groups in total. The van der Waals surface area contributed by atoms with E-state index in [0.29, 0.717) is 12.1 Å². The molecule has 2 rings (SSSR count). The lowest BCUT2D eigenvalue weighted by molar-refractivity contribution is 0.0939. The van der Waals surface area contributed by atoms with Gasteiger partial charge in [-0.2, -0.15) is 0 Å². The molecule has 4 nitrogen and oxygen atoms in total. The number of methoxy groups -OCH3 is 1. The van der Waals surface area contributed by atoms with Crippen molar-refractivity contribution < 1.29 is 9.53 Å². The molecule has 4 heteroatoms.